The lowest BCUT2D eigenvalue weighted by Crippen LogP contribution is -2.42. The van der Waals surface area contributed by atoms with E-state index in [4.69, 9.17) is 29.1 Å². The van der Waals surface area contributed by atoms with Crippen molar-refractivity contribution in [2.45, 2.75) is 57.8 Å². The van der Waals surface area contributed by atoms with Crippen LogP contribution in [0.15, 0.2) is 29.0 Å². The molecule has 0 radical (unpaired) electrons. The largest absolute Gasteiger partial charge is 0.490 e. The number of nitrogens with zero attached hydrogens (tertiary/aromatic N) is 3. The number of alkyl halides is 6. The minimum atomic E-state index is -5.08. The summed E-state index contributed by atoms with van der Waals surface area (Å²) in [7, 11) is 0. The molecule has 0 unspecified atom stereocenters. The van der Waals surface area contributed by atoms with E-state index in [0.29, 0.717) is 11.6 Å². The van der Waals surface area contributed by atoms with Gasteiger partial charge in [-0.05, 0) is 51.3 Å². The van der Waals surface area contributed by atoms with Crippen LogP contribution in [0.3, 0.4) is 0 Å². The first-order valence-corrected chi connectivity index (χ1v) is 11.6. The summed E-state index contributed by atoms with van der Waals surface area (Å²) in [5.74, 6) is -4.27. The molecule has 0 saturated carbocycles. The topological polar surface area (TPSA) is 155 Å². The molecule has 1 amide bonds. The lowest BCUT2D eigenvalue weighted by Gasteiger charge is -2.33. The molecule has 2 aromatic heterocycles. The number of amides is 1. The number of ether oxygens (including phenoxy) is 1. The number of halogens is 6. The number of nitrogens with one attached hydrogen (secondary N) is 1. The maximum atomic E-state index is 12.5. The number of aliphatic carboxylic acids is 2. The number of aromatic nitrogens is 2. The monoisotopic (exact) mass is 584 g/mol. The van der Waals surface area contributed by atoms with Crippen LogP contribution in [0, 0.1) is 19.8 Å². The highest BCUT2D eigenvalue weighted by Crippen LogP contribution is 2.34. The van der Waals surface area contributed by atoms with E-state index in [0.717, 1.165) is 49.5 Å². The van der Waals surface area contributed by atoms with E-state index in [-0.39, 0.29) is 18.1 Å². The summed E-state index contributed by atoms with van der Waals surface area (Å²) in [5, 5.41) is 21.2. The van der Waals surface area contributed by atoms with E-state index in [2.05, 4.69) is 20.4 Å². The van der Waals surface area contributed by atoms with Gasteiger partial charge in [-0.2, -0.15) is 26.3 Å². The van der Waals surface area contributed by atoms with Crippen LogP contribution in [0.25, 0.3) is 0 Å². The highest BCUT2D eigenvalue weighted by Gasteiger charge is 2.42. The number of pyridine rings is 1. The summed E-state index contributed by atoms with van der Waals surface area (Å²) in [6.07, 6.45) is -5.28. The second-order valence-electron chi connectivity index (χ2n) is 8.82. The Labute approximate surface area is 223 Å². The smallest absolute Gasteiger partial charge is 0.475 e. The van der Waals surface area contributed by atoms with Gasteiger partial charge in [0, 0.05) is 24.8 Å². The average molecular weight is 584 g/mol. The Morgan fingerprint density at radius 2 is 1.70 bits per heavy atom. The van der Waals surface area contributed by atoms with Crippen LogP contribution in [-0.2, 0) is 25.7 Å². The van der Waals surface area contributed by atoms with Gasteiger partial charge in [0.15, 0.2) is 0 Å². The zero-order valence-electron chi connectivity index (χ0n) is 21.1. The Balaban J connectivity index is 0.000000333. The van der Waals surface area contributed by atoms with Crippen molar-refractivity contribution >= 4 is 23.5 Å². The SMILES string of the molecule is Cc1noc(C)c1CN1CC[C@H]2C[C@@H](C(=O)Nc3cccnc3)O[C@H]2C1.O=C(O)C(F)(F)F.O=C(O)C(F)(F)F. The van der Waals surface area contributed by atoms with Crippen LogP contribution >= 0.6 is 0 Å². The molecule has 2 fully saturated rings. The first-order valence-electron chi connectivity index (χ1n) is 11.6. The number of carboxylic acid groups (broad SMARTS) is 2. The quantitative estimate of drug-likeness (QED) is 0.454. The zero-order valence-corrected chi connectivity index (χ0v) is 21.1. The highest BCUT2D eigenvalue weighted by atomic mass is 19.4. The van der Waals surface area contributed by atoms with Gasteiger partial charge in [0.25, 0.3) is 5.91 Å². The van der Waals surface area contributed by atoms with Crippen LogP contribution < -0.4 is 5.32 Å². The van der Waals surface area contributed by atoms with Crippen LogP contribution in [0.1, 0.15) is 29.9 Å². The maximum absolute atomic E-state index is 12.5. The highest BCUT2D eigenvalue weighted by molar-refractivity contribution is 5.94. The second kappa shape index (κ2) is 13.6. The molecule has 17 heteroatoms. The predicted octanol–water partition coefficient (Wildman–Crippen LogP) is 3.57. The molecule has 3 N–H and O–H groups in total. The lowest BCUT2D eigenvalue weighted by molar-refractivity contribution is -0.193. The molecule has 222 valence electrons. The number of fused-ring (bicyclic) bond motifs is 1. The van der Waals surface area contributed by atoms with Crippen LogP contribution in [-0.4, -0.2) is 80.7 Å². The third-order valence-corrected chi connectivity index (χ3v) is 5.91. The predicted molar refractivity (Wildman–Crippen MR) is 123 cm³/mol. The van der Waals surface area contributed by atoms with Crippen molar-refractivity contribution in [3.05, 3.63) is 41.5 Å². The zero-order chi connectivity index (χ0) is 30.3. The molecule has 4 rings (SSSR count). The first kappa shape index (κ1) is 32.5. The van der Waals surface area contributed by atoms with Crippen LogP contribution in [0.5, 0.6) is 0 Å². The van der Waals surface area contributed by atoms with E-state index in [1.165, 1.54) is 0 Å². The molecule has 0 bridgehead atoms. The third kappa shape index (κ3) is 9.78. The molecule has 2 aliphatic heterocycles. The Morgan fingerprint density at radius 3 is 2.17 bits per heavy atom. The summed E-state index contributed by atoms with van der Waals surface area (Å²) in [6.45, 7) is 6.59. The Bertz CT molecular complexity index is 1110. The van der Waals surface area contributed by atoms with Crippen molar-refractivity contribution < 1.29 is 60.2 Å². The minimum Gasteiger partial charge on any atom is -0.475 e. The molecule has 0 spiro atoms. The molecule has 2 aliphatic rings. The molecule has 2 saturated heterocycles. The van der Waals surface area contributed by atoms with Gasteiger partial charge in [-0.15, -0.1) is 0 Å². The van der Waals surface area contributed by atoms with Gasteiger partial charge in [-0.25, -0.2) is 9.59 Å². The molecule has 3 atom stereocenters. The van der Waals surface area contributed by atoms with E-state index >= 15 is 0 Å². The molecule has 0 aliphatic carbocycles. The standard InChI is InChI=1S/C19H24N4O3.2C2HF3O2/c1-12-16(13(2)26-22-12)10-23-7-5-14-8-17(25-18(14)11-23)19(24)21-15-4-3-6-20-9-15;2*3-2(4,5)1(6)7/h3-4,6,9,14,17-18H,5,7-8,10-11H2,1-2H3,(H,21,24);2*(H,6,7)/t14-,17-,18-;;/m0../s1. The Morgan fingerprint density at radius 1 is 1.10 bits per heavy atom. The van der Waals surface area contributed by atoms with Gasteiger partial charge >= 0.3 is 24.3 Å². The normalized spacial score (nSPS) is 20.8. The van der Waals surface area contributed by atoms with Crippen LogP contribution in [0.2, 0.25) is 0 Å². The molecule has 40 heavy (non-hydrogen) atoms. The fraction of sp³-hybridized carbons (Fsp3) is 0.522. The summed E-state index contributed by atoms with van der Waals surface area (Å²) < 4.78 is 74.8. The van der Waals surface area contributed by atoms with Gasteiger partial charge in [-0.1, -0.05) is 5.16 Å². The fourth-order valence-corrected chi connectivity index (χ4v) is 3.92. The number of hydrogen-bond donors (Lipinski definition) is 3. The van der Waals surface area contributed by atoms with Crippen molar-refractivity contribution in [2.24, 2.45) is 5.92 Å². The average Bonchev–Trinajstić information content (AvgIpc) is 3.42. The van der Waals surface area contributed by atoms with Gasteiger partial charge in [-0.3, -0.25) is 14.7 Å². The Kier molecular flexibility index (Phi) is 11.0. The number of aryl methyl sites for hydroxylation is 2. The number of piperidine rings is 1. The van der Waals surface area contributed by atoms with E-state index < -0.39 is 24.3 Å². The van der Waals surface area contributed by atoms with E-state index in [1.54, 1.807) is 18.5 Å². The van der Waals surface area contributed by atoms with Gasteiger partial charge in [0.2, 0.25) is 0 Å². The van der Waals surface area contributed by atoms with Gasteiger partial charge < -0.3 is 24.8 Å². The summed E-state index contributed by atoms with van der Waals surface area (Å²) in [5.41, 5.74) is 2.81. The molecular weight excluding hydrogens is 558 g/mol. The third-order valence-electron chi connectivity index (χ3n) is 5.91. The lowest BCUT2D eigenvalue weighted by atomic mass is 9.91. The first-order chi connectivity index (χ1) is 18.5. The fourth-order valence-electron chi connectivity index (χ4n) is 3.92. The summed E-state index contributed by atoms with van der Waals surface area (Å²) in [6, 6.07) is 3.63. The van der Waals surface area contributed by atoms with Crippen molar-refractivity contribution in [3.8, 4) is 0 Å². The van der Waals surface area contributed by atoms with Gasteiger partial charge in [0.1, 0.15) is 11.9 Å². The van der Waals surface area contributed by atoms with Crippen molar-refractivity contribution in [1.82, 2.24) is 15.0 Å². The molecule has 0 aromatic carbocycles. The van der Waals surface area contributed by atoms with Crippen molar-refractivity contribution in [2.75, 3.05) is 18.4 Å². The summed E-state index contributed by atoms with van der Waals surface area (Å²) >= 11 is 0. The molecule has 2 aromatic rings. The number of rotatable bonds is 4. The van der Waals surface area contributed by atoms with E-state index in [9.17, 15) is 31.1 Å². The number of likely N-dealkylation sites (tertiary alicyclic amines) is 1. The summed E-state index contributed by atoms with van der Waals surface area (Å²) in [4.78, 5) is 36.7. The number of anilines is 1. The van der Waals surface area contributed by atoms with Gasteiger partial charge in [0.05, 0.1) is 23.7 Å². The Hall–Kier alpha value is -3.73. The number of carbonyl (C=O) groups excluding carboxylic acids is 1. The number of carboxylic acids is 2. The molecular formula is C23H26F6N4O7. The molecule has 11 nitrogen and oxygen atoms in total. The molecule has 4 heterocycles. The number of carbonyl (C=O) groups is 3. The van der Waals surface area contributed by atoms with Crippen molar-refractivity contribution in [1.29, 1.82) is 0 Å². The van der Waals surface area contributed by atoms with Crippen LogP contribution in [0.4, 0.5) is 32.0 Å². The van der Waals surface area contributed by atoms with E-state index in [1.807, 2.05) is 19.9 Å². The minimum absolute atomic E-state index is 0.0790. The second-order valence-corrected chi connectivity index (χ2v) is 8.82. The number of hydrogen-bond acceptors (Lipinski definition) is 8. The van der Waals surface area contributed by atoms with Crippen molar-refractivity contribution in [3.63, 3.8) is 0 Å². The maximum Gasteiger partial charge on any atom is 0.490 e.